The van der Waals surface area contributed by atoms with Crippen LogP contribution in [0.1, 0.15) is 67.4 Å². The maximum atomic E-state index is 12.9. The number of aliphatic hydroxyl groups excluding tert-OH is 1. The molecule has 176 valence electrons. The standard InChI is InChI=1S/C26H35N5O2/c1-19(32)13-14-27-16-20-9-11-22(12-10-20)30-26(33)24-15-25(29-18-28-24)31(17-21-7-8-21)23-5-3-2-4-6-23/h9-12,15,18,21,23,27,32H,1-8,13-14,16-17H2,(H,30,33). The number of rotatable bonds is 11. The average molecular weight is 450 g/mol. The van der Waals surface area contributed by atoms with Crippen molar-refractivity contribution in [1.82, 2.24) is 15.3 Å². The molecule has 2 aliphatic rings. The molecule has 0 spiro atoms. The lowest BCUT2D eigenvalue weighted by Crippen LogP contribution is -2.39. The Morgan fingerprint density at radius 1 is 1.09 bits per heavy atom. The number of anilines is 2. The summed E-state index contributed by atoms with van der Waals surface area (Å²) < 4.78 is 0. The van der Waals surface area contributed by atoms with E-state index in [0.717, 1.165) is 29.5 Å². The van der Waals surface area contributed by atoms with Gasteiger partial charge in [0.15, 0.2) is 0 Å². The molecule has 33 heavy (non-hydrogen) atoms. The van der Waals surface area contributed by atoms with Gasteiger partial charge in [0.1, 0.15) is 17.8 Å². The predicted molar refractivity (Wildman–Crippen MR) is 131 cm³/mol. The summed E-state index contributed by atoms with van der Waals surface area (Å²) in [5.74, 6) is 1.60. The van der Waals surface area contributed by atoms with Crippen LogP contribution in [0.5, 0.6) is 0 Å². The van der Waals surface area contributed by atoms with Gasteiger partial charge in [0.05, 0.1) is 5.76 Å². The van der Waals surface area contributed by atoms with Crippen molar-refractivity contribution in [3.8, 4) is 0 Å². The zero-order valence-electron chi connectivity index (χ0n) is 19.3. The summed E-state index contributed by atoms with van der Waals surface area (Å²) in [6, 6.07) is 10.1. The first-order chi connectivity index (χ1) is 16.1. The van der Waals surface area contributed by atoms with Crippen LogP contribution in [0.25, 0.3) is 0 Å². The molecule has 1 aromatic carbocycles. The number of amides is 1. The third-order valence-corrected chi connectivity index (χ3v) is 6.48. The molecule has 1 aromatic heterocycles. The first kappa shape index (κ1) is 23.2. The van der Waals surface area contributed by atoms with Crippen molar-refractivity contribution < 1.29 is 9.90 Å². The minimum atomic E-state index is -0.221. The van der Waals surface area contributed by atoms with Crippen molar-refractivity contribution in [3.05, 3.63) is 60.3 Å². The fourth-order valence-corrected chi connectivity index (χ4v) is 4.40. The molecule has 0 bridgehead atoms. The minimum absolute atomic E-state index is 0.183. The van der Waals surface area contributed by atoms with E-state index in [1.54, 1.807) is 0 Å². The SMILES string of the molecule is C=C(O)CCNCc1ccc(NC(=O)c2cc(N(CC3CC3)C3CCCCC3)ncn2)cc1. The quantitative estimate of drug-likeness (QED) is 0.336. The summed E-state index contributed by atoms with van der Waals surface area (Å²) in [6.07, 6.45) is 10.9. The Hall–Kier alpha value is -2.93. The molecule has 2 saturated carbocycles. The Balaban J connectivity index is 1.37. The molecule has 4 rings (SSSR count). The van der Waals surface area contributed by atoms with Crippen molar-refractivity contribution in [2.45, 2.75) is 64.0 Å². The summed E-state index contributed by atoms with van der Waals surface area (Å²) in [5, 5.41) is 15.3. The number of hydrogen-bond donors (Lipinski definition) is 3. The summed E-state index contributed by atoms with van der Waals surface area (Å²) in [5.41, 5.74) is 2.23. The number of carbonyl (C=O) groups excluding carboxylic acids is 1. The van der Waals surface area contributed by atoms with Crippen LogP contribution in [0.3, 0.4) is 0 Å². The van der Waals surface area contributed by atoms with E-state index < -0.39 is 0 Å². The second-order valence-corrected chi connectivity index (χ2v) is 9.29. The van der Waals surface area contributed by atoms with Crippen LogP contribution < -0.4 is 15.5 Å². The van der Waals surface area contributed by atoms with Gasteiger partial charge in [-0.2, -0.15) is 0 Å². The molecule has 7 nitrogen and oxygen atoms in total. The van der Waals surface area contributed by atoms with E-state index in [-0.39, 0.29) is 11.7 Å². The third kappa shape index (κ3) is 7.02. The van der Waals surface area contributed by atoms with Crippen molar-refractivity contribution in [2.75, 3.05) is 23.3 Å². The number of carbonyl (C=O) groups is 1. The van der Waals surface area contributed by atoms with E-state index in [1.165, 1.54) is 51.3 Å². The molecular formula is C26H35N5O2. The van der Waals surface area contributed by atoms with Gasteiger partial charge in [-0.05, 0) is 49.3 Å². The van der Waals surface area contributed by atoms with Crippen LogP contribution in [-0.2, 0) is 6.54 Å². The first-order valence-electron chi connectivity index (χ1n) is 12.1. The second kappa shape index (κ2) is 11.3. The molecule has 2 aliphatic carbocycles. The lowest BCUT2D eigenvalue weighted by Gasteiger charge is -2.35. The number of hydrogen-bond acceptors (Lipinski definition) is 6. The Morgan fingerprint density at radius 3 is 2.55 bits per heavy atom. The van der Waals surface area contributed by atoms with Gasteiger partial charge in [-0.25, -0.2) is 9.97 Å². The van der Waals surface area contributed by atoms with Crippen molar-refractivity contribution >= 4 is 17.4 Å². The Bertz CT molecular complexity index is 936. The van der Waals surface area contributed by atoms with E-state index in [1.807, 2.05) is 30.3 Å². The molecular weight excluding hydrogens is 414 g/mol. The van der Waals surface area contributed by atoms with Gasteiger partial charge in [0.25, 0.3) is 5.91 Å². The van der Waals surface area contributed by atoms with Gasteiger partial charge in [-0.15, -0.1) is 0 Å². The van der Waals surface area contributed by atoms with Crippen LogP contribution in [-0.4, -0.2) is 40.1 Å². The second-order valence-electron chi connectivity index (χ2n) is 9.29. The smallest absolute Gasteiger partial charge is 0.274 e. The molecule has 0 atom stereocenters. The van der Waals surface area contributed by atoms with Gasteiger partial charge >= 0.3 is 0 Å². The fraction of sp³-hybridized carbons (Fsp3) is 0.500. The molecule has 1 amide bonds. The fourth-order valence-electron chi connectivity index (χ4n) is 4.40. The highest BCUT2D eigenvalue weighted by Crippen LogP contribution is 2.34. The van der Waals surface area contributed by atoms with Gasteiger partial charge in [0, 0.05) is 43.9 Å². The molecule has 7 heteroatoms. The number of aliphatic hydroxyl groups is 1. The molecule has 1 heterocycles. The molecule has 2 fully saturated rings. The van der Waals surface area contributed by atoms with E-state index in [4.69, 9.17) is 5.11 Å². The predicted octanol–water partition coefficient (Wildman–Crippen LogP) is 4.83. The van der Waals surface area contributed by atoms with Gasteiger partial charge < -0.3 is 20.6 Å². The highest BCUT2D eigenvalue weighted by atomic mass is 16.3. The van der Waals surface area contributed by atoms with Gasteiger partial charge in [-0.3, -0.25) is 4.79 Å². The number of benzene rings is 1. The highest BCUT2D eigenvalue weighted by Gasteiger charge is 2.30. The van der Waals surface area contributed by atoms with Crippen LogP contribution in [0.15, 0.2) is 49.0 Å². The number of nitrogens with one attached hydrogen (secondary N) is 2. The summed E-state index contributed by atoms with van der Waals surface area (Å²) >= 11 is 0. The zero-order chi connectivity index (χ0) is 23.0. The molecule has 2 aromatic rings. The van der Waals surface area contributed by atoms with Crippen molar-refractivity contribution in [2.24, 2.45) is 5.92 Å². The van der Waals surface area contributed by atoms with Crippen LogP contribution in [0, 0.1) is 5.92 Å². The lowest BCUT2D eigenvalue weighted by molar-refractivity contribution is 0.102. The minimum Gasteiger partial charge on any atom is -0.513 e. The van der Waals surface area contributed by atoms with Crippen molar-refractivity contribution in [3.63, 3.8) is 0 Å². The Morgan fingerprint density at radius 2 is 1.85 bits per heavy atom. The molecule has 0 aliphatic heterocycles. The third-order valence-electron chi connectivity index (χ3n) is 6.48. The lowest BCUT2D eigenvalue weighted by atomic mass is 9.94. The normalized spacial score (nSPS) is 16.4. The van der Waals surface area contributed by atoms with E-state index >= 15 is 0 Å². The number of nitrogens with zero attached hydrogens (tertiary/aromatic N) is 3. The van der Waals surface area contributed by atoms with Crippen LogP contribution in [0.2, 0.25) is 0 Å². The van der Waals surface area contributed by atoms with E-state index in [0.29, 0.717) is 31.2 Å². The molecule has 0 saturated heterocycles. The maximum absolute atomic E-state index is 12.9. The van der Waals surface area contributed by atoms with Gasteiger partial charge in [-0.1, -0.05) is 38.0 Å². The van der Waals surface area contributed by atoms with Crippen molar-refractivity contribution in [1.29, 1.82) is 0 Å². The van der Waals surface area contributed by atoms with Crippen LogP contribution >= 0.6 is 0 Å². The maximum Gasteiger partial charge on any atom is 0.274 e. The average Bonchev–Trinajstić information content (AvgIpc) is 3.66. The van der Waals surface area contributed by atoms with Gasteiger partial charge in [0.2, 0.25) is 0 Å². The van der Waals surface area contributed by atoms with Crippen LogP contribution in [0.4, 0.5) is 11.5 Å². The summed E-state index contributed by atoms with van der Waals surface area (Å²) in [7, 11) is 0. The van der Waals surface area contributed by atoms with E-state index in [9.17, 15) is 4.79 Å². The molecule has 0 radical (unpaired) electrons. The molecule has 3 N–H and O–H groups in total. The Labute approximate surface area is 196 Å². The Kier molecular flexibility index (Phi) is 7.94. The topological polar surface area (TPSA) is 90.4 Å². The van der Waals surface area contributed by atoms with E-state index in [2.05, 4.69) is 32.1 Å². The monoisotopic (exact) mass is 449 g/mol. The number of aromatic nitrogens is 2. The largest absolute Gasteiger partial charge is 0.513 e. The molecule has 0 unspecified atom stereocenters. The summed E-state index contributed by atoms with van der Waals surface area (Å²) in [6.45, 7) is 5.87. The first-order valence-corrected chi connectivity index (χ1v) is 12.1. The summed E-state index contributed by atoms with van der Waals surface area (Å²) in [4.78, 5) is 24.1. The highest BCUT2D eigenvalue weighted by molar-refractivity contribution is 6.03. The zero-order valence-corrected chi connectivity index (χ0v) is 19.3.